The lowest BCUT2D eigenvalue weighted by Gasteiger charge is -1.87. The Morgan fingerprint density at radius 3 is 2.40 bits per heavy atom. The summed E-state index contributed by atoms with van der Waals surface area (Å²) in [5, 5.41) is 17.8. The second kappa shape index (κ2) is 3.23. The Labute approximate surface area is 75.7 Å². The van der Waals surface area contributed by atoms with Gasteiger partial charge in [-0.3, -0.25) is 0 Å². The van der Waals surface area contributed by atoms with Crippen molar-refractivity contribution in [1.29, 1.82) is 0 Å². The van der Waals surface area contributed by atoms with E-state index in [2.05, 4.69) is 15.9 Å². The summed E-state index contributed by atoms with van der Waals surface area (Å²) in [5.74, 6) is 0. The number of thiophene rings is 1. The van der Waals surface area contributed by atoms with E-state index in [1.165, 1.54) is 17.4 Å². The van der Waals surface area contributed by atoms with Gasteiger partial charge >= 0.3 is 7.12 Å². The lowest BCUT2D eigenvalue weighted by atomic mass is 9.90. The molecule has 6 heteroatoms. The van der Waals surface area contributed by atoms with E-state index in [-0.39, 0.29) is 0 Å². The molecular formula is C4H3BBrClO2S. The number of hydrogen-bond donors (Lipinski definition) is 2. The average Bonchev–Trinajstić information content (AvgIpc) is 2.13. The lowest BCUT2D eigenvalue weighted by Crippen LogP contribution is -2.26. The van der Waals surface area contributed by atoms with Crippen molar-refractivity contribution in [3.8, 4) is 0 Å². The van der Waals surface area contributed by atoms with Crippen molar-refractivity contribution in [3.05, 3.63) is 14.9 Å². The summed E-state index contributed by atoms with van der Waals surface area (Å²) in [6.07, 6.45) is 0. The second-order valence-corrected chi connectivity index (χ2v) is 4.45. The predicted molar refractivity (Wildman–Crippen MR) is 46.9 cm³/mol. The van der Waals surface area contributed by atoms with Crippen LogP contribution in [0.3, 0.4) is 0 Å². The highest BCUT2D eigenvalue weighted by molar-refractivity contribution is 9.11. The van der Waals surface area contributed by atoms with Crippen LogP contribution in [0.5, 0.6) is 0 Å². The van der Waals surface area contributed by atoms with E-state index in [0.29, 0.717) is 9.80 Å². The Kier molecular flexibility index (Phi) is 2.77. The lowest BCUT2D eigenvalue weighted by molar-refractivity contribution is 0.427. The molecule has 0 atom stereocenters. The zero-order valence-electron chi connectivity index (χ0n) is 4.71. The van der Waals surface area contributed by atoms with Crippen molar-refractivity contribution in [2.24, 2.45) is 0 Å². The van der Waals surface area contributed by atoms with Crippen LogP contribution >= 0.6 is 38.9 Å². The molecule has 1 heterocycles. The van der Waals surface area contributed by atoms with Gasteiger partial charge in [-0.15, -0.1) is 11.3 Å². The van der Waals surface area contributed by atoms with Gasteiger partial charge in [-0.25, -0.2) is 0 Å². The van der Waals surface area contributed by atoms with Crippen molar-refractivity contribution in [2.45, 2.75) is 0 Å². The van der Waals surface area contributed by atoms with Gasteiger partial charge in [0.2, 0.25) is 0 Å². The van der Waals surface area contributed by atoms with Crippen LogP contribution in [0, 0.1) is 0 Å². The molecule has 0 radical (unpaired) electrons. The monoisotopic (exact) mass is 240 g/mol. The van der Waals surface area contributed by atoms with Crippen LogP contribution in [0.15, 0.2) is 9.85 Å². The molecule has 10 heavy (non-hydrogen) atoms. The first-order valence-corrected chi connectivity index (χ1v) is 4.41. The first kappa shape index (κ1) is 8.55. The number of hydrogen-bond acceptors (Lipinski definition) is 3. The van der Waals surface area contributed by atoms with Gasteiger partial charge in [0, 0.05) is 4.78 Å². The molecule has 0 aliphatic heterocycles. The Morgan fingerprint density at radius 1 is 1.60 bits per heavy atom. The van der Waals surface area contributed by atoms with Crippen LogP contribution in [-0.2, 0) is 0 Å². The quantitative estimate of drug-likeness (QED) is 0.715. The van der Waals surface area contributed by atoms with Crippen molar-refractivity contribution in [2.75, 3.05) is 0 Å². The van der Waals surface area contributed by atoms with Crippen molar-refractivity contribution < 1.29 is 10.0 Å². The van der Waals surface area contributed by atoms with Crippen LogP contribution in [0.1, 0.15) is 0 Å². The largest absolute Gasteiger partial charge is 0.499 e. The van der Waals surface area contributed by atoms with Crippen LogP contribution in [0.4, 0.5) is 0 Å². The molecule has 1 rings (SSSR count). The molecular weight excluding hydrogens is 238 g/mol. The SMILES string of the molecule is OB(O)c1cc(Cl)c(Br)s1. The summed E-state index contributed by atoms with van der Waals surface area (Å²) in [6, 6.07) is 1.51. The molecule has 54 valence electrons. The molecule has 0 bridgehead atoms. The minimum Gasteiger partial charge on any atom is -0.423 e. The van der Waals surface area contributed by atoms with E-state index in [1.807, 2.05) is 0 Å². The van der Waals surface area contributed by atoms with Gasteiger partial charge in [-0.2, -0.15) is 0 Å². The molecule has 1 aromatic rings. The molecule has 1 aromatic heterocycles. The van der Waals surface area contributed by atoms with Gasteiger partial charge in [0.1, 0.15) is 0 Å². The van der Waals surface area contributed by atoms with Crippen molar-refractivity contribution >= 4 is 50.8 Å². The summed E-state index contributed by atoms with van der Waals surface area (Å²) in [6.45, 7) is 0. The standard InChI is InChI=1S/C4H3BBrClO2S/c6-4-2(7)1-3(10-4)5(8)9/h1,8-9H. The molecule has 0 unspecified atom stereocenters. The van der Waals surface area contributed by atoms with E-state index in [4.69, 9.17) is 21.6 Å². The summed E-state index contributed by atoms with van der Waals surface area (Å²) in [5.41, 5.74) is 0. The van der Waals surface area contributed by atoms with Crippen LogP contribution in [-0.4, -0.2) is 17.2 Å². The predicted octanol–water partition coefficient (Wildman–Crippen LogP) is 0.844. The van der Waals surface area contributed by atoms with Crippen molar-refractivity contribution in [3.63, 3.8) is 0 Å². The maximum atomic E-state index is 8.65. The molecule has 0 spiro atoms. The third-order valence-electron chi connectivity index (χ3n) is 0.919. The third-order valence-corrected chi connectivity index (χ3v) is 3.43. The molecule has 0 aliphatic rings. The summed E-state index contributed by atoms with van der Waals surface area (Å²) >= 11 is 9.97. The van der Waals surface area contributed by atoms with Gasteiger partial charge in [0.15, 0.2) is 0 Å². The van der Waals surface area contributed by atoms with Gasteiger partial charge in [0.25, 0.3) is 0 Å². The van der Waals surface area contributed by atoms with E-state index < -0.39 is 7.12 Å². The highest BCUT2D eigenvalue weighted by Crippen LogP contribution is 2.26. The van der Waals surface area contributed by atoms with Crippen LogP contribution < -0.4 is 4.78 Å². The summed E-state index contributed by atoms with van der Waals surface area (Å²) in [4.78, 5) is 0. The van der Waals surface area contributed by atoms with Gasteiger partial charge in [-0.05, 0) is 22.0 Å². The smallest absolute Gasteiger partial charge is 0.423 e. The van der Waals surface area contributed by atoms with Gasteiger partial charge < -0.3 is 10.0 Å². The average molecular weight is 241 g/mol. The van der Waals surface area contributed by atoms with E-state index in [9.17, 15) is 0 Å². The Morgan fingerprint density at radius 2 is 2.20 bits per heavy atom. The molecule has 0 aromatic carbocycles. The van der Waals surface area contributed by atoms with Crippen LogP contribution in [0.2, 0.25) is 5.02 Å². The summed E-state index contributed by atoms with van der Waals surface area (Å²) < 4.78 is 1.16. The normalized spacial score (nSPS) is 10.0. The minimum absolute atomic E-state index is 0.442. The Hall–Kier alpha value is 0.455. The number of rotatable bonds is 1. The molecule has 2 N–H and O–H groups in total. The molecule has 0 fully saturated rings. The third kappa shape index (κ3) is 1.74. The first-order valence-electron chi connectivity index (χ1n) is 2.42. The van der Waals surface area contributed by atoms with Crippen molar-refractivity contribution in [1.82, 2.24) is 0 Å². The van der Waals surface area contributed by atoms with Gasteiger partial charge in [-0.1, -0.05) is 11.6 Å². The van der Waals surface area contributed by atoms with E-state index in [0.717, 1.165) is 3.79 Å². The first-order chi connectivity index (χ1) is 4.61. The highest BCUT2D eigenvalue weighted by Gasteiger charge is 2.15. The molecule has 2 nitrogen and oxygen atoms in total. The second-order valence-electron chi connectivity index (χ2n) is 1.64. The maximum absolute atomic E-state index is 8.65. The van der Waals surface area contributed by atoms with E-state index in [1.54, 1.807) is 0 Å². The minimum atomic E-state index is -1.42. The summed E-state index contributed by atoms with van der Waals surface area (Å²) in [7, 11) is -1.42. The maximum Gasteiger partial charge on any atom is 0.499 e. The fourth-order valence-electron chi connectivity index (χ4n) is 0.491. The molecule has 0 amide bonds. The number of halogens is 2. The Bertz CT molecular complexity index is 220. The van der Waals surface area contributed by atoms with Crippen LogP contribution in [0.25, 0.3) is 0 Å². The zero-order chi connectivity index (χ0) is 7.72. The molecule has 0 aliphatic carbocycles. The fraction of sp³-hybridized carbons (Fsp3) is 0. The van der Waals surface area contributed by atoms with E-state index >= 15 is 0 Å². The topological polar surface area (TPSA) is 40.5 Å². The molecule has 0 saturated heterocycles. The zero-order valence-corrected chi connectivity index (χ0v) is 7.87. The highest BCUT2D eigenvalue weighted by atomic mass is 79.9. The fourth-order valence-corrected chi connectivity index (χ4v) is 2.11. The Balaban J connectivity index is 2.98. The van der Waals surface area contributed by atoms with Gasteiger partial charge in [0.05, 0.1) is 8.81 Å². The molecule has 0 saturated carbocycles.